The number of nitrogens with zero attached hydrogens (tertiary/aromatic N) is 4. The Balaban J connectivity index is 1.74. The number of nitrogens with two attached hydrogens (primary N) is 1. The summed E-state index contributed by atoms with van der Waals surface area (Å²) in [7, 11) is -3.97. The van der Waals surface area contributed by atoms with Crippen molar-refractivity contribution < 1.29 is 22.9 Å². The van der Waals surface area contributed by atoms with E-state index in [9.17, 15) is 23.3 Å². The third kappa shape index (κ3) is 3.94. The predicted molar refractivity (Wildman–Crippen MR) is 114 cm³/mol. The highest BCUT2D eigenvalue weighted by Gasteiger charge is 2.29. The molecule has 3 heterocycles. The van der Waals surface area contributed by atoms with Gasteiger partial charge in [-0.3, -0.25) is 10.1 Å². The number of aromatic nitrogens is 2. The number of amides is 1. The van der Waals surface area contributed by atoms with E-state index in [0.717, 1.165) is 15.7 Å². The lowest BCUT2D eigenvalue weighted by Crippen LogP contribution is -2.31. The molecule has 0 unspecified atom stereocenters. The maximum Gasteiger partial charge on any atom is 0.404 e. The van der Waals surface area contributed by atoms with Gasteiger partial charge in [-0.2, -0.15) is 0 Å². The van der Waals surface area contributed by atoms with Gasteiger partial charge in [0, 0.05) is 19.2 Å². The number of carbonyl (C=O) groups excluding carboxylic acids is 1. The van der Waals surface area contributed by atoms with Crippen molar-refractivity contribution in [2.45, 2.75) is 24.3 Å². The van der Waals surface area contributed by atoms with Crippen molar-refractivity contribution >= 4 is 38.5 Å². The SMILES string of the molecule is Cc1ccc(S(=O)(=O)n2ccc3c(NN4CC[C@@H](OC(N)=O)C4)c([N+](=O)[O-])cnc32)cc1. The van der Waals surface area contributed by atoms with Crippen molar-refractivity contribution in [1.82, 2.24) is 14.0 Å². The minimum atomic E-state index is -3.97. The first-order valence-electron chi connectivity index (χ1n) is 9.61. The molecule has 0 spiro atoms. The summed E-state index contributed by atoms with van der Waals surface area (Å²) in [6.45, 7) is 2.53. The Hall–Kier alpha value is -3.71. The number of fused-ring (bicyclic) bond motifs is 1. The molecule has 3 N–H and O–H groups in total. The lowest BCUT2D eigenvalue weighted by Gasteiger charge is -2.19. The van der Waals surface area contributed by atoms with Crippen LogP contribution >= 0.6 is 0 Å². The van der Waals surface area contributed by atoms with E-state index in [2.05, 4.69) is 10.4 Å². The first kappa shape index (κ1) is 21.5. The molecule has 0 saturated carbocycles. The summed E-state index contributed by atoms with van der Waals surface area (Å²) in [4.78, 5) is 26.1. The molecule has 3 aromatic rings. The van der Waals surface area contributed by atoms with Crippen molar-refractivity contribution in [1.29, 1.82) is 0 Å². The summed E-state index contributed by atoms with van der Waals surface area (Å²) in [6.07, 6.45) is 1.46. The Morgan fingerprint density at radius 3 is 2.69 bits per heavy atom. The Labute approximate surface area is 182 Å². The number of hydrogen-bond acceptors (Lipinski definition) is 9. The number of hydrazine groups is 1. The Bertz CT molecular complexity index is 1300. The second-order valence-electron chi connectivity index (χ2n) is 7.35. The summed E-state index contributed by atoms with van der Waals surface area (Å²) in [6, 6.07) is 7.80. The van der Waals surface area contributed by atoms with Gasteiger partial charge < -0.3 is 15.9 Å². The average molecular weight is 460 g/mol. The van der Waals surface area contributed by atoms with Crippen LogP contribution in [-0.2, 0) is 14.8 Å². The molecule has 1 fully saturated rings. The molecule has 32 heavy (non-hydrogen) atoms. The third-order valence-electron chi connectivity index (χ3n) is 5.13. The lowest BCUT2D eigenvalue weighted by atomic mass is 10.2. The van der Waals surface area contributed by atoms with Crippen LogP contribution in [0.3, 0.4) is 0 Å². The van der Waals surface area contributed by atoms with Gasteiger partial charge in [-0.15, -0.1) is 0 Å². The Morgan fingerprint density at radius 2 is 2.03 bits per heavy atom. The van der Waals surface area contributed by atoms with Gasteiger partial charge in [-0.25, -0.2) is 27.2 Å². The predicted octanol–water partition coefficient (Wildman–Crippen LogP) is 1.99. The van der Waals surface area contributed by atoms with E-state index in [0.29, 0.717) is 13.0 Å². The Kier molecular flexibility index (Phi) is 5.44. The third-order valence-corrected chi connectivity index (χ3v) is 6.81. The molecule has 1 aliphatic rings. The van der Waals surface area contributed by atoms with Crippen LogP contribution in [-0.4, -0.2) is 52.6 Å². The minimum Gasteiger partial charge on any atom is -0.445 e. The monoisotopic (exact) mass is 460 g/mol. The molecule has 1 atom stereocenters. The number of pyridine rings is 1. The van der Waals surface area contributed by atoms with Gasteiger partial charge in [0.15, 0.2) is 5.65 Å². The van der Waals surface area contributed by atoms with Gasteiger partial charge in [-0.1, -0.05) is 17.7 Å². The number of aryl methyl sites for hydroxylation is 1. The van der Waals surface area contributed by atoms with Gasteiger partial charge in [0.2, 0.25) is 0 Å². The Morgan fingerprint density at radius 1 is 1.31 bits per heavy atom. The molecule has 12 nitrogen and oxygen atoms in total. The van der Waals surface area contributed by atoms with Gasteiger partial charge in [0.1, 0.15) is 18.0 Å². The fourth-order valence-corrected chi connectivity index (χ4v) is 4.88. The van der Waals surface area contributed by atoms with Crippen LogP contribution in [0.15, 0.2) is 47.6 Å². The van der Waals surface area contributed by atoms with Gasteiger partial charge in [0.05, 0.1) is 21.7 Å². The van der Waals surface area contributed by atoms with E-state index < -0.39 is 27.1 Å². The van der Waals surface area contributed by atoms with Crippen molar-refractivity contribution in [3.8, 4) is 0 Å². The summed E-state index contributed by atoms with van der Waals surface area (Å²) in [5.74, 6) is 0. The minimum absolute atomic E-state index is 0.0443. The molecule has 13 heteroatoms. The normalized spacial score (nSPS) is 16.8. The van der Waals surface area contributed by atoms with Gasteiger partial charge >= 0.3 is 11.8 Å². The van der Waals surface area contributed by atoms with Crippen LogP contribution in [0.4, 0.5) is 16.2 Å². The van der Waals surface area contributed by atoms with Gasteiger partial charge in [-0.05, 0) is 25.1 Å². The molecule has 0 radical (unpaired) electrons. The van der Waals surface area contributed by atoms with Crippen LogP contribution in [0.5, 0.6) is 0 Å². The molecular formula is C19H20N6O6S. The number of hydrogen-bond donors (Lipinski definition) is 2. The first-order chi connectivity index (χ1) is 15.2. The summed E-state index contributed by atoms with van der Waals surface area (Å²) in [5, 5.41) is 13.5. The second-order valence-corrected chi connectivity index (χ2v) is 9.16. The van der Waals surface area contributed by atoms with Crippen molar-refractivity contribution in [2.75, 3.05) is 18.5 Å². The number of anilines is 1. The topological polar surface area (TPSA) is 163 Å². The van der Waals surface area contributed by atoms with E-state index in [4.69, 9.17) is 10.5 Å². The number of primary amides is 1. The molecule has 0 bridgehead atoms. The summed E-state index contributed by atoms with van der Waals surface area (Å²) < 4.78 is 32.2. The van der Waals surface area contributed by atoms with Crippen LogP contribution in [0.2, 0.25) is 0 Å². The van der Waals surface area contributed by atoms with Crippen molar-refractivity contribution in [3.05, 3.63) is 58.4 Å². The average Bonchev–Trinajstić information content (AvgIpc) is 3.35. The maximum absolute atomic E-state index is 13.1. The fourth-order valence-electron chi connectivity index (χ4n) is 3.57. The highest BCUT2D eigenvalue weighted by Crippen LogP contribution is 2.34. The number of ether oxygens (including phenoxy) is 1. The summed E-state index contributed by atoms with van der Waals surface area (Å²) in [5.41, 5.74) is 8.74. The number of nitro groups is 1. The number of benzene rings is 1. The van der Waals surface area contributed by atoms with Crippen LogP contribution in [0.1, 0.15) is 12.0 Å². The molecule has 1 aromatic carbocycles. The van der Waals surface area contributed by atoms with Crippen molar-refractivity contribution in [3.63, 3.8) is 0 Å². The van der Waals surface area contributed by atoms with E-state index in [1.165, 1.54) is 24.4 Å². The number of rotatable bonds is 6. The van der Waals surface area contributed by atoms with Crippen LogP contribution < -0.4 is 11.2 Å². The zero-order valence-electron chi connectivity index (χ0n) is 17.0. The summed E-state index contributed by atoms with van der Waals surface area (Å²) >= 11 is 0. The van der Waals surface area contributed by atoms with Crippen molar-refractivity contribution in [2.24, 2.45) is 5.73 Å². The fraction of sp³-hybridized carbons (Fsp3) is 0.263. The van der Waals surface area contributed by atoms with E-state index >= 15 is 0 Å². The van der Waals surface area contributed by atoms with Crippen LogP contribution in [0.25, 0.3) is 11.0 Å². The standard InChI is InChI=1S/C19H20N6O6S/c1-12-2-4-14(5-3-12)32(29,30)24-9-7-15-17(16(25(27)28)10-21-18(15)24)22-23-8-6-13(11-23)31-19(20)26/h2-5,7,9-10,13H,6,8,11H2,1H3,(H2,20,26)(H,21,22)/t13-/m1/s1. The molecule has 1 saturated heterocycles. The molecular weight excluding hydrogens is 440 g/mol. The maximum atomic E-state index is 13.1. The van der Waals surface area contributed by atoms with Gasteiger partial charge in [0.25, 0.3) is 10.0 Å². The highest BCUT2D eigenvalue weighted by molar-refractivity contribution is 7.90. The zero-order valence-corrected chi connectivity index (χ0v) is 17.8. The number of carbonyl (C=O) groups is 1. The molecule has 4 rings (SSSR count). The van der Waals surface area contributed by atoms with Crippen LogP contribution in [0, 0.1) is 17.0 Å². The quantitative estimate of drug-likeness (QED) is 0.413. The van der Waals surface area contributed by atoms with E-state index in [1.807, 2.05) is 6.92 Å². The largest absolute Gasteiger partial charge is 0.445 e. The second kappa shape index (κ2) is 8.09. The lowest BCUT2D eigenvalue weighted by molar-refractivity contribution is -0.384. The molecule has 1 aliphatic heterocycles. The van der Waals surface area contributed by atoms with E-state index in [-0.39, 0.29) is 33.8 Å². The highest BCUT2D eigenvalue weighted by atomic mass is 32.2. The first-order valence-corrected chi connectivity index (χ1v) is 11.0. The molecule has 1 amide bonds. The van der Waals surface area contributed by atoms with E-state index in [1.54, 1.807) is 17.1 Å². The zero-order chi connectivity index (χ0) is 23.0. The smallest absolute Gasteiger partial charge is 0.404 e. The molecule has 0 aliphatic carbocycles. The molecule has 168 valence electrons. The molecule has 2 aromatic heterocycles. The number of nitrogens with one attached hydrogen (secondary N) is 1.